The maximum absolute atomic E-state index is 12.9. The van der Waals surface area contributed by atoms with Crippen LogP contribution in [-0.2, 0) is 26.4 Å². The van der Waals surface area contributed by atoms with E-state index in [1.807, 2.05) is 0 Å². The van der Waals surface area contributed by atoms with Crippen LogP contribution in [-0.4, -0.2) is 60.2 Å². The van der Waals surface area contributed by atoms with Gasteiger partial charge < -0.3 is 15.0 Å². The zero-order valence-corrected chi connectivity index (χ0v) is 22.2. The van der Waals surface area contributed by atoms with Gasteiger partial charge in [0, 0.05) is 48.0 Å². The minimum absolute atomic E-state index is 0.0176. The molecular weight excluding hydrogens is 559 g/mol. The SMILES string of the molecule is CCS(=O)(=O)c1ccc(Cl)cc1CNC(=O)c1cc(OC(F)(F)F)cc(N2CC[C@@H](NS(C)(=O)=O)C2)c1. The topological polar surface area (TPSA) is 122 Å². The Hall–Kier alpha value is -2.55. The molecular formula is C22H25ClF3N3O6S2. The number of carbonyl (C=O) groups is 1. The number of nitrogens with zero attached hydrogens (tertiary/aromatic N) is 1. The van der Waals surface area contributed by atoms with Gasteiger partial charge in [-0.2, -0.15) is 0 Å². The third-order valence-electron chi connectivity index (χ3n) is 5.50. The van der Waals surface area contributed by atoms with Crippen molar-refractivity contribution in [1.82, 2.24) is 10.0 Å². The van der Waals surface area contributed by atoms with E-state index in [1.54, 1.807) is 4.90 Å². The number of ether oxygens (including phenoxy) is 1. The Bertz CT molecular complexity index is 1380. The fourth-order valence-electron chi connectivity index (χ4n) is 3.91. The molecule has 37 heavy (non-hydrogen) atoms. The molecule has 2 aromatic rings. The van der Waals surface area contributed by atoms with Crippen LogP contribution in [0.25, 0.3) is 0 Å². The van der Waals surface area contributed by atoms with Crippen molar-refractivity contribution in [3.05, 3.63) is 52.5 Å². The van der Waals surface area contributed by atoms with Gasteiger partial charge in [0.05, 0.1) is 16.9 Å². The lowest BCUT2D eigenvalue weighted by Gasteiger charge is -2.21. The number of carbonyl (C=O) groups excluding carboxylic acids is 1. The molecule has 0 bridgehead atoms. The first-order valence-corrected chi connectivity index (χ1v) is 14.9. The molecule has 1 fully saturated rings. The van der Waals surface area contributed by atoms with Gasteiger partial charge in [-0.05, 0) is 42.3 Å². The van der Waals surface area contributed by atoms with Crippen molar-refractivity contribution in [2.75, 3.05) is 30.0 Å². The van der Waals surface area contributed by atoms with Gasteiger partial charge in [-0.3, -0.25) is 4.79 Å². The van der Waals surface area contributed by atoms with Crippen molar-refractivity contribution in [2.24, 2.45) is 0 Å². The summed E-state index contributed by atoms with van der Waals surface area (Å²) in [6.07, 6.45) is -3.60. The van der Waals surface area contributed by atoms with Gasteiger partial charge in [0.15, 0.2) is 9.84 Å². The molecule has 1 aliphatic heterocycles. The Morgan fingerprint density at radius 1 is 1.16 bits per heavy atom. The van der Waals surface area contributed by atoms with E-state index in [0.29, 0.717) is 13.0 Å². The second kappa shape index (κ2) is 11.1. The maximum Gasteiger partial charge on any atom is 0.573 e. The molecule has 2 N–H and O–H groups in total. The predicted octanol–water partition coefficient (Wildman–Crippen LogP) is 3.09. The lowest BCUT2D eigenvalue weighted by Crippen LogP contribution is -2.36. The normalized spacial score (nSPS) is 16.6. The summed E-state index contributed by atoms with van der Waals surface area (Å²) in [5.41, 5.74) is 0.278. The molecule has 204 valence electrons. The first-order chi connectivity index (χ1) is 17.1. The summed E-state index contributed by atoms with van der Waals surface area (Å²) < 4.78 is 93.2. The molecule has 1 atom stereocenters. The molecule has 0 radical (unpaired) electrons. The van der Waals surface area contributed by atoms with Crippen molar-refractivity contribution in [2.45, 2.75) is 37.2 Å². The molecule has 1 heterocycles. The highest BCUT2D eigenvalue weighted by Gasteiger charge is 2.32. The van der Waals surface area contributed by atoms with Crippen LogP contribution in [0.4, 0.5) is 18.9 Å². The summed E-state index contributed by atoms with van der Waals surface area (Å²) in [6.45, 7) is 1.71. The van der Waals surface area contributed by atoms with E-state index in [9.17, 15) is 34.8 Å². The van der Waals surface area contributed by atoms with Crippen LogP contribution >= 0.6 is 11.6 Å². The summed E-state index contributed by atoms with van der Waals surface area (Å²) in [6, 6.07) is 7.03. The van der Waals surface area contributed by atoms with E-state index in [-0.39, 0.29) is 45.6 Å². The smallest absolute Gasteiger partial charge is 0.406 e. The molecule has 0 unspecified atom stereocenters. The molecule has 0 aromatic heterocycles. The molecule has 15 heteroatoms. The van der Waals surface area contributed by atoms with Gasteiger partial charge in [0.1, 0.15) is 5.75 Å². The van der Waals surface area contributed by atoms with E-state index in [0.717, 1.165) is 18.4 Å². The number of amides is 1. The van der Waals surface area contributed by atoms with Crippen LogP contribution in [0, 0.1) is 0 Å². The highest BCUT2D eigenvalue weighted by molar-refractivity contribution is 7.91. The third kappa shape index (κ3) is 8.22. The predicted molar refractivity (Wildman–Crippen MR) is 132 cm³/mol. The zero-order valence-electron chi connectivity index (χ0n) is 19.8. The molecule has 3 rings (SSSR count). The quantitative estimate of drug-likeness (QED) is 0.465. The Balaban J connectivity index is 1.87. The minimum atomic E-state index is -5.01. The molecule has 0 aliphatic carbocycles. The highest BCUT2D eigenvalue weighted by atomic mass is 35.5. The van der Waals surface area contributed by atoms with Crippen LogP contribution in [0.2, 0.25) is 5.02 Å². The molecule has 2 aromatic carbocycles. The van der Waals surface area contributed by atoms with E-state index in [4.69, 9.17) is 11.6 Å². The first kappa shape index (κ1) is 29.0. The Labute approximate surface area is 217 Å². The Morgan fingerprint density at radius 2 is 1.86 bits per heavy atom. The number of halogens is 4. The number of nitrogens with one attached hydrogen (secondary N) is 2. The fourth-order valence-corrected chi connectivity index (χ4v) is 6.02. The number of alkyl halides is 3. The lowest BCUT2D eigenvalue weighted by molar-refractivity contribution is -0.274. The minimum Gasteiger partial charge on any atom is -0.406 e. The average molecular weight is 584 g/mol. The fraction of sp³-hybridized carbons (Fsp3) is 0.409. The lowest BCUT2D eigenvalue weighted by atomic mass is 10.1. The molecule has 9 nitrogen and oxygen atoms in total. The van der Waals surface area contributed by atoms with Gasteiger partial charge in [0.25, 0.3) is 5.91 Å². The van der Waals surface area contributed by atoms with Crippen molar-refractivity contribution in [1.29, 1.82) is 0 Å². The molecule has 0 saturated carbocycles. The van der Waals surface area contributed by atoms with Gasteiger partial charge >= 0.3 is 6.36 Å². The molecule has 0 spiro atoms. The van der Waals surface area contributed by atoms with Crippen LogP contribution < -0.4 is 19.7 Å². The summed E-state index contributed by atoms with van der Waals surface area (Å²) >= 11 is 5.99. The second-order valence-electron chi connectivity index (χ2n) is 8.42. The average Bonchev–Trinajstić information content (AvgIpc) is 3.22. The monoisotopic (exact) mass is 583 g/mol. The van der Waals surface area contributed by atoms with Crippen LogP contribution in [0.3, 0.4) is 0 Å². The second-order valence-corrected chi connectivity index (χ2v) is 12.9. The van der Waals surface area contributed by atoms with E-state index in [2.05, 4.69) is 14.8 Å². The highest BCUT2D eigenvalue weighted by Crippen LogP contribution is 2.31. The third-order valence-corrected chi connectivity index (χ3v) is 8.32. The number of anilines is 1. The van der Waals surface area contributed by atoms with Crippen molar-refractivity contribution in [3.8, 4) is 5.75 Å². The largest absolute Gasteiger partial charge is 0.573 e. The van der Waals surface area contributed by atoms with Crippen LogP contribution in [0.15, 0.2) is 41.3 Å². The Kier molecular flexibility index (Phi) is 8.67. The van der Waals surface area contributed by atoms with Gasteiger partial charge in [0.2, 0.25) is 10.0 Å². The Morgan fingerprint density at radius 3 is 2.49 bits per heavy atom. The maximum atomic E-state index is 12.9. The number of rotatable bonds is 9. The zero-order chi connectivity index (χ0) is 27.6. The number of hydrogen-bond donors (Lipinski definition) is 2. The van der Waals surface area contributed by atoms with Crippen LogP contribution in [0.5, 0.6) is 5.75 Å². The first-order valence-electron chi connectivity index (χ1n) is 11.0. The number of sulfone groups is 1. The van der Waals surface area contributed by atoms with Gasteiger partial charge in [-0.1, -0.05) is 18.5 Å². The number of benzene rings is 2. The molecule has 1 aliphatic rings. The number of hydrogen-bond acceptors (Lipinski definition) is 7. The standard InChI is InChI=1S/C22H25ClF3N3O6S2/c1-3-37(33,34)20-5-4-16(23)8-15(20)12-27-21(30)14-9-18(11-19(10-14)35-22(24,25)26)29-7-6-17(13-29)28-36(2,31)32/h4-5,8-11,17,28H,3,6-7,12-13H2,1-2H3,(H,27,30)/t17-/m1/s1. The number of sulfonamides is 1. The van der Waals surface area contributed by atoms with E-state index >= 15 is 0 Å². The van der Waals surface area contributed by atoms with Crippen molar-refractivity contribution < 1.29 is 39.5 Å². The van der Waals surface area contributed by atoms with E-state index in [1.165, 1.54) is 31.2 Å². The molecule has 1 saturated heterocycles. The summed E-state index contributed by atoms with van der Waals surface area (Å²) in [4.78, 5) is 14.5. The van der Waals surface area contributed by atoms with Gasteiger partial charge in [-0.15, -0.1) is 13.2 Å². The summed E-state index contributed by atoms with van der Waals surface area (Å²) in [5, 5.41) is 2.76. The van der Waals surface area contributed by atoms with Gasteiger partial charge in [-0.25, -0.2) is 21.6 Å². The summed E-state index contributed by atoms with van der Waals surface area (Å²) in [7, 11) is -7.12. The van der Waals surface area contributed by atoms with E-state index < -0.39 is 43.9 Å². The summed E-state index contributed by atoms with van der Waals surface area (Å²) in [5.74, 6) is -1.59. The van der Waals surface area contributed by atoms with Crippen molar-refractivity contribution >= 4 is 43.1 Å². The molecule has 1 amide bonds. The van der Waals surface area contributed by atoms with Crippen molar-refractivity contribution in [3.63, 3.8) is 0 Å². The van der Waals surface area contributed by atoms with Crippen LogP contribution in [0.1, 0.15) is 29.3 Å².